The fourth-order valence-electron chi connectivity index (χ4n) is 2.42. The summed E-state index contributed by atoms with van der Waals surface area (Å²) in [6.07, 6.45) is 10.5. The molecule has 0 nitrogen and oxygen atoms in total. The molecule has 0 heterocycles. The summed E-state index contributed by atoms with van der Waals surface area (Å²) in [6, 6.07) is 2.38. The van der Waals surface area contributed by atoms with E-state index in [-0.39, 0.29) is 0 Å². The summed E-state index contributed by atoms with van der Waals surface area (Å²) in [5, 5.41) is 0. The second-order valence-electron chi connectivity index (χ2n) is 4.76. The topological polar surface area (TPSA) is 0 Å². The van der Waals surface area contributed by atoms with E-state index in [4.69, 9.17) is 0 Å². The highest BCUT2D eigenvalue weighted by atomic mass is 79.9. The minimum Gasteiger partial charge on any atom is -0.0535 e. The Bertz CT molecular complexity index is 365. The lowest BCUT2D eigenvalue weighted by Crippen LogP contribution is -1.94. The monoisotopic (exact) mass is 422 g/mol. The van der Waals surface area contributed by atoms with Crippen LogP contribution in [0.2, 0.25) is 0 Å². The SMILES string of the molecule is Brc1c2cc(c(Br)c1Br)CCCCCCCC2. The summed E-state index contributed by atoms with van der Waals surface area (Å²) < 4.78 is 3.64. The summed E-state index contributed by atoms with van der Waals surface area (Å²) in [6.45, 7) is 0. The zero-order chi connectivity index (χ0) is 12.3. The molecule has 1 aromatic rings. The van der Waals surface area contributed by atoms with Gasteiger partial charge in [-0.15, -0.1) is 0 Å². The second-order valence-corrected chi connectivity index (χ2v) is 7.14. The Morgan fingerprint density at radius 1 is 0.588 bits per heavy atom. The Morgan fingerprint density at radius 2 is 1.00 bits per heavy atom. The number of halogens is 3. The predicted octanol–water partition coefficient (Wildman–Crippen LogP) is 6.41. The fourth-order valence-corrected chi connectivity index (χ4v) is 4.21. The summed E-state index contributed by atoms with van der Waals surface area (Å²) in [7, 11) is 0. The van der Waals surface area contributed by atoms with Gasteiger partial charge in [-0.2, -0.15) is 0 Å². The van der Waals surface area contributed by atoms with Crippen molar-refractivity contribution < 1.29 is 0 Å². The first kappa shape index (κ1) is 14.1. The molecule has 0 radical (unpaired) electrons. The van der Waals surface area contributed by atoms with Crippen LogP contribution in [0.25, 0.3) is 0 Å². The highest BCUT2D eigenvalue weighted by Gasteiger charge is 2.13. The summed E-state index contributed by atoms with van der Waals surface area (Å²) in [4.78, 5) is 0. The van der Waals surface area contributed by atoms with Gasteiger partial charge in [-0.05, 0) is 84.6 Å². The number of rotatable bonds is 0. The molecule has 0 amide bonds. The van der Waals surface area contributed by atoms with Gasteiger partial charge in [0, 0.05) is 13.4 Å². The van der Waals surface area contributed by atoms with Gasteiger partial charge < -0.3 is 0 Å². The maximum atomic E-state index is 3.71. The maximum absolute atomic E-state index is 3.71. The van der Waals surface area contributed by atoms with Gasteiger partial charge in [0.1, 0.15) is 0 Å². The smallest absolute Gasteiger partial charge is 0.0465 e. The number of aryl methyl sites for hydroxylation is 2. The van der Waals surface area contributed by atoms with Gasteiger partial charge in [0.2, 0.25) is 0 Å². The van der Waals surface area contributed by atoms with Crippen LogP contribution in [0.4, 0.5) is 0 Å². The van der Waals surface area contributed by atoms with Gasteiger partial charge in [-0.1, -0.05) is 31.7 Å². The summed E-state index contributed by atoms with van der Waals surface area (Å²) >= 11 is 11.1. The lowest BCUT2D eigenvalue weighted by atomic mass is 10.0. The van der Waals surface area contributed by atoms with Crippen LogP contribution >= 0.6 is 47.8 Å². The van der Waals surface area contributed by atoms with Gasteiger partial charge >= 0.3 is 0 Å². The molecule has 1 aliphatic carbocycles. The van der Waals surface area contributed by atoms with Crippen LogP contribution in [0, 0.1) is 0 Å². The number of hydrogen-bond acceptors (Lipinski definition) is 0. The molecule has 17 heavy (non-hydrogen) atoms. The number of fused-ring (bicyclic) bond motifs is 2. The Balaban J connectivity index is 2.33. The van der Waals surface area contributed by atoms with Crippen LogP contribution in [0.3, 0.4) is 0 Å². The summed E-state index contributed by atoms with van der Waals surface area (Å²) in [5.74, 6) is 0. The van der Waals surface area contributed by atoms with Crippen molar-refractivity contribution in [3.8, 4) is 0 Å². The predicted molar refractivity (Wildman–Crippen MR) is 84.7 cm³/mol. The Hall–Kier alpha value is 0.660. The number of hydrogen-bond donors (Lipinski definition) is 0. The molecule has 2 rings (SSSR count). The molecule has 94 valence electrons. The minimum atomic E-state index is 1.18. The zero-order valence-electron chi connectivity index (χ0n) is 9.87. The zero-order valence-corrected chi connectivity index (χ0v) is 14.6. The normalized spacial score (nSPS) is 17.6. The van der Waals surface area contributed by atoms with Crippen molar-refractivity contribution in [3.05, 3.63) is 30.6 Å². The first-order valence-corrected chi connectivity index (χ1v) is 8.73. The first-order chi connectivity index (χ1) is 8.20. The Morgan fingerprint density at radius 3 is 1.47 bits per heavy atom. The van der Waals surface area contributed by atoms with Crippen molar-refractivity contribution in [3.63, 3.8) is 0 Å². The molecule has 0 saturated heterocycles. The fraction of sp³-hybridized carbons (Fsp3) is 0.571. The van der Waals surface area contributed by atoms with Gasteiger partial charge in [0.05, 0.1) is 0 Å². The minimum absolute atomic E-state index is 1.18. The van der Waals surface area contributed by atoms with Crippen molar-refractivity contribution in [2.24, 2.45) is 0 Å². The highest BCUT2D eigenvalue weighted by molar-refractivity contribution is 9.14. The van der Waals surface area contributed by atoms with E-state index in [0.29, 0.717) is 0 Å². The van der Waals surface area contributed by atoms with Crippen LogP contribution in [-0.2, 0) is 12.8 Å². The third-order valence-electron chi connectivity index (χ3n) is 3.44. The van der Waals surface area contributed by atoms with Crippen molar-refractivity contribution in [2.75, 3.05) is 0 Å². The van der Waals surface area contributed by atoms with E-state index in [9.17, 15) is 0 Å². The van der Waals surface area contributed by atoms with Crippen LogP contribution in [0.5, 0.6) is 0 Å². The van der Waals surface area contributed by atoms with Crippen molar-refractivity contribution in [2.45, 2.75) is 51.4 Å². The lowest BCUT2D eigenvalue weighted by Gasteiger charge is -2.12. The van der Waals surface area contributed by atoms with Crippen molar-refractivity contribution in [1.29, 1.82) is 0 Å². The quantitative estimate of drug-likeness (QED) is 0.422. The number of benzene rings is 1. The van der Waals surface area contributed by atoms with E-state index in [1.165, 1.54) is 75.9 Å². The standard InChI is InChI=1S/C14H17Br3/c15-12-10-7-5-3-1-2-4-6-8-11(9-10)13(16)14(12)17/h9H,1-8H2. The largest absolute Gasteiger partial charge is 0.0535 e. The highest BCUT2D eigenvalue weighted by Crippen LogP contribution is 2.38. The molecule has 0 saturated carbocycles. The Labute approximate surface area is 129 Å². The molecule has 1 aliphatic rings. The van der Waals surface area contributed by atoms with Crippen molar-refractivity contribution >= 4 is 47.8 Å². The van der Waals surface area contributed by atoms with E-state index in [1.807, 2.05) is 0 Å². The van der Waals surface area contributed by atoms with Crippen LogP contribution in [0.15, 0.2) is 19.5 Å². The molecule has 3 heteroatoms. The molecule has 0 aromatic heterocycles. The van der Waals surface area contributed by atoms with Gasteiger partial charge in [-0.3, -0.25) is 0 Å². The molecular weight excluding hydrogens is 408 g/mol. The molecule has 1 aromatic carbocycles. The first-order valence-electron chi connectivity index (χ1n) is 6.35. The third-order valence-corrected chi connectivity index (χ3v) is 7.11. The lowest BCUT2D eigenvalue weighted by molar-refractivity contribution is 0.598. The van der Waals surface area contributed by atoms with Gasteiger partial charge in [0.15, 0.2) is 0 Å². The third kappa shape index (κ3) is 3.57. The van der Waals surface area contributed by atoms with E-state index in [1.54, 1.807) is 0 Å². The molecule has 0 N–H and O–H groups in total. The molecular formula is C14H17Br3. The molecule has 2 bridgehead atoms. The second kappa shape index (κ2) is 6.72. The average Bonchev–Trinajstić information content (AvgIpc) is 2.38. The molecule has 0 aliphatic heterocycles. The van der Waals surface area contributed by atoms with E-state index < -0.39 is 0 Å². The van der Waals surface area contributed by atoms with Gasteiger partial charge in [-0.25, -0.2) is 0 Å². The maximum Gasteiger partial charge on any atom is 0.0465 e. The molecule has 0 atom stereocenters. The Kier molecular flexibility index (Phi) is 5.56. The average molecular weight is 425 g/mol. The van der Waals surface area contributed by atoms with E-state index in [2.05, 4.69) is 53.9 Å². The summed E-state index contributed by atoms with van der Waals surface area (Å²) in [5.41, 5.74) is 2.91. The van der Waals surface area contributed by atoms with E-state index in [0.717, 1.165) is 0 Å². The van der Waals surface area contributed by atoms with Gasteiger partial charge in [0.25, 0.3) is 0 Å². The molecule has 0 spiro atoms. The molecule has 0 unspecified atom stereocenters. The van der Waals surface area contributed by atoms with Crippen LogP contribution < -0.4 is 0 Å². The van der Waals surface area contributed by atoms with Crippen molar-refractivity contribution in [1.82, 2.24) is 0 Å². The van der Waals surface area contributed by atoms with Crippen LogP contribution in [0.1, 0.15) is 49.7 Å². The van der Waals surface area contributed by atoms with Crippen LogP contribution in [-0.4, -0.2) is 0 Å². The molecule has 0 fully saturated rings. The van der Waals surface area contributed by atoms with E-state index >= 15 is 0 Å².